The van der Waals surface area contributed by atoms with Crippen molar-refractivity contribution >= 4 is 5.91 Å². The summed E-state index contributed by atoms with van der Waals surface area (Å²) in [6.07, 6.45) is 1.98. The van der Waals surface area contributed by atoms with Gasteiger partial charge in [-0.1, -0.05) is 0 Å². The topological polar surface area (TPSA) is 69.5 Å². The number of hydrogen-bond acceptors (Lipinski definition) is 5. The molecular weight excluding hydrogens is 296 g/mol. The summed E-state index contributed by atoms with van der Waals surface area (Å²) < 4.78 is 12.8. The fraction of sp³-hybridized carbons (Fsp3) is 0.438. The molecule has 7 nitrogen and oxygen atoms in total. The van der Waals surface area contributed by atoms with Crippen LogP contribution in [0.5, 0.6) is 11.5 Å². The third kappa shape index (κ3) is 1.67. The molecule has 1 fully saturated rings. The van der Waals surface area contributed by atoms with Crippen molar-refractivity contribution in [3.8, 4) is 22.9 Å². The van der Waals surface area contributed by atoms with Gasteiger partial charge in [0, 0.05) is 12.1 Å². The number of amides is 1. The Morgan fingerprint density at radius 2 is 2.09 bits per heavy atom. The minimum absolute atomic E-state index is 0.0639. The molecule has 1 saturated heterocycles. The molecule has 23 heavy (non-hydrogen) atoms. The van der Waals surface area contributed by atoms with E-state index in [1.54, 1.807) is 0 Å². The molecule has 5 rings (SSSR count). The molecule has 0 spiro atoms. The summed E-state index contributed by atoms with van der Waals surface area (Å²) in [4.78, 5) is 14.6. The van der Waals surface area contributed by atoms with Crippen molar-refractivity contribution in [2.75, 3.05) is 13.3 Å². The van der Waals surface area contributed by atoms with Crippen LogP contribution in [0.4, 0.5) is 0 Å². The molecular formula is C16H16N4O3. The van der Waals surface area contributed by atoms with E-state index >= 15 is 0 Å². The summed E-state index contributed by atoms with van der Waals surface area (Å²) in [6, 6.07) is 5.49. The Bertz CT molecular complexity index is 816. The number of carbonyl (C=O) groups excluding carboxylic acids is 1. The summed E-state index contributed by atoms with van der Waals surface area (Å²) in [6.45, 7) is 2.98. The Morgan fingerprint density at radius 1 is 1.22 bits per heavy atom. The summed E-state index contributed by atoms with van der Waals surface area (Å²) in [5, 5.41) is 8.78. The van der Waals surface area contributed by atoms with Crippen LogP contribution in [0.1, 0.15) is 37.7 Å². The molecule has 2 aromatic rings. The van der Waals surface area contributed by atoms with Crippen LogP contribution in [-0.2, 0) is 4.79 Å². The van der Waals surface area contributed by atoms with Gasteiger partial charge in [0.15, 0.2) is 23.1 Å². The molecule has 0 bridgehead atoms. The molecule has 118 valence electrons. The molecule has 7 heteroatoms. The number of hydrogen-bond donors (Lipinski definition) is 0. The number of benzene rings is 1. The van der Waals surface area contributed by atoms with E-state index in [0.29, 0.717) is 11.6 Å². The summed E-state index contributed by atoms with van der Waals surface area (Å²) in [7, 11) is 0. The Kier molecular flexibility index (Phi) is 2.51. The standard InChI is InChI=1S/C16H16N4O3/c1-9-16(21)19-6-2-3-11(19)15-18-17-14(20(9)15)10-4-5-12-13(7-10)23-8-22-12/h4-5,7,9,11H,2-3,6,8H2,1H3/t9-,11+/m0/s1. The summed E-state index contributed by atoms with van der Waals surface area (Å²) in [5.74, 6) is 3.20. The lowest BCUT2D eigenvalue weighted by Crippen LogP contribution is -2.42. The third-order valence-corrected chi connectivity index (χ3v) is 4.93. The van der Waals surface area contributed by atoms with Gasteiger partial charge in [-0.15, -0.1) is 10.2 Å². The highest BCUT2D eigenvalue weighted by atomic mass is 16.7. The molecule has 1 aromatic heterocycles. The average molecular weight is 312 g/mol. The second-order valence-corrected chi connectivity index (χ2v) is 6.19. The molecule has 0 saturated carbocycles. The number of ether oxygens (including phenoxy) is 2. The van der Waals surface area contributed by atoms with Crippen LogP contribution < -0.4 is 9.47 Å². The molecule has 1 aromatic carbocycles. The van der Waals surface area contributed by atoms with Crippen LogP contribution >= 0.6 is 0 Å². The number of nitrogens with zero attached hydrogens (tertiary/aromatic N) is 4. The van der Waals surface area contributed by atoms with E-state index < -0.39 is 0 Å². The highest BCUT2D eigenvalue weighted by Gasteiger charge is 2.42. The second-order valence-electron chi connectivity index (χ2n) is 6.19. The van der Waals surface area contributed by atoms with Gasteiger partial charge in [-0.05, 0) is 38.0 Å². The van der Waals surface area contributed by atoms with E-state index in [2.05, 4.69) is 10.2 Å². The summed E-state index contributed by atoms with van der Waals surface area (Å²) in [5.41, 5.74) is 0.888. The lowest BCUT2D eigenvalue weighted by Gasteiger charge is -2.34. The zero-order valence-corrected chi connectivity index (χ0v) is 12.7. The SMILES string of the molecule is C[C@H]1C(=O)N2CCC[C@@H]2c2nnc(-c3ccc4c(c3)OCO4)n21. The zero-order chi connectivity index (χ0) is 15.6. The molecule has 4 heterocycles. The molecule has 0 unspecified atom stereocenters. The maximum Gasteiger partial charge on any atom is 0.246 e. The van der Waals surface area contributed by atoms with Crippen molar-refractivity contribution < 1.29 is 14.3 Å². The van der Waals surface area contributed by atoms with E-state index in [4.69, 9.17) is 9.47 Å². The molecule has 0 radical (unpaired) electrons. The second kappa shape index (κ2) is 4.47. The van der Waals surface area contributed by atoms with Crippen molar-refractivity contribution in [2.24, 2.45) is 0 Å². The fourth-order valence-corrected chi connectivity index (χ4v) is 3.79. The van der Waals surface area contributed by atoms with E-state index in [9.17, 15) is 4.79 Å². The van der Waals surface area contributed by atoms with Crippen molar-refractivity contribution in [3.05, 3.63) is 24.0 Å². The minimum atomic E-state index is -0.283. The van der Waals surface area contributed by atoms with Gasteiger partial charge in [0.25, 0.3) is 0 Å². The zero-order valence-electron chi connectivity index (χ0n) is 12.7. The van der Waals surface area contributed by atoms with Crippen molar-refractivity contribution in [3.63, 3.8) is 0 Å². The van der Waals surface area contributed by atoms with Crippen LogP contribution in [-0.4, -0.2) is 38.9 Å². The quantitative estimate of drug-likeness (QED) is 0.804. The predicted molar refractivity (Wildman–Crippen MR) is 80.0 cm³/mol. The third-order valence-electron chi connectivity index (χ3n) is 4.93. The van der Waals surface area contributed by atoms with E-state index in [0.717, 1.165) is 36.5 Å². The van der Waals surface area contributed by atoms with Gasteiger partial charge in [0.1, 0.15) is 6.04 Å². The molecule has 1 amide bonds. The van der Waals surface area contributed by atoms with E-state index in [1.165, 1.54) is 0 Å². The Hall–Kier alpha value is -2.57. The Labute approximate surface area is 132 Å². The van der Waals surface area contributed by atoms with Gasteiger partial charge in [-0.25, -0.2) is 0 Å². The molecule has 2 atom stereocenters. The number of rotatable bonds is 1. The minimum Gasteiger partial charge on any atom is -0.454 e. The first kappa shape index (κ1) is 12.9. The van der Waals surface area contributed by atoms with Gasteiger partial charge < -0.3 is 14.4 Å². The van der Waals surface area contributed by atoms with Crippen LogP contribution in [0.15, 0.2) is 18.2 Å². The van der Waals surface area contributed by atoms with Crippen molar-refractivity contribution in [1.82, 2.24) is 19.7 Å². The Morgan fingerprint density at radius 3 is 3.00 bits per heavy atom. The van der Waals surface area contributed by atoms with Crippen molar-refractivity contribution in [2.45, 2.75) is 31.8 Å². The normalized spacial score (nSPS) is 24.7. The number of carbonyl (C=O) groups is 1. The first-order valence-electron chi connectivity index (χ1n) is 7.89. The monoisotopic (exact) mass is 312 g/mol. The molecule has 3 aliphatic rings. The van der Waals surface area contributed by atoms with E-state index in [-0.39, 0.29) is 24.8 Å². The van der Waals surface area contributed by atoms with Gasteiger partial charge in [0.05, 0.1) is 6.04 Å². The van der Waals surface area contributed by atoms with Crippen LogP contribution in [0, 0.1) is 0 Å². The lowest BCUT2D eigenvalue weighted by molar-refractivity contribution is -0.137. The first-order chi connectivity index (χ1) is 11.2. The van der Waals surface area contributed by atoms with Crippen LogP contribution in [0.2, 0.25) is 0 Å². The van der Waals surface area contributed by atoms with Gasteiger partial charge in [-0.3, -0.25) is 9.36 Å². The molecule has 0 aliphatic carbocycles. The molecule has 3 aliphatic heterocycles. The van der Waals surface area contributed by atoms with E-state index in [1.807, 2.05) is 34.6 Å². The summed E-state index contributed by atoms with van der Waals surface area (Å²) >= 11 is 0. The van der Waals surface area contributed by atoms with Crippen LogP contribution in [0.25, 0.3) is 11.4 Å². The van der Waals surface area contributed by atoms with Gasteiger partial charge in [-0.2, -0.15) is 0 Å². The highest BCUT2D eigenvalue weighted by Crippen LogP contribution is 2.41. The number of fused-ring (bicyclic) bond motifs is 4. The largest absolute Gasteiger partial charge is 0.454 e. The maximum absolute atomic E-state index is 12.6. The van der Waals surface area contributed by atoms with Crippen LogP contribution in [0.3, 0.4) is 0 Å². The average Bonchev–Trinajstić information content (AvgIpc) is 3.28. The first-order valence-corrected chi connectivity index (χ1v) is 7.89. The van der Waals surface area contributed by atoms with Crippen molar-refractivity contribution in [1.29, 1.82) is 0 Å². The van der Waals surface area contributed by atoms with Gasteiger partial charge >= 0.3 is 0 Å². The highest BCUT2D eigenvalue weighted by molar-refractivity contribution is 5.83. The smallest absolute Gasteiger partial charge is 0.246 e. The predicted octanol–water partition coefficient (Wildman–Crippen LogP) is 1.91. The molecule has 0 N–H and O–H groups in total. The van der Waals surface area contributed by atoms with Gasteiger partial charge in [0.2, 0.25) is 12.7 Å². The number of aromatic nitrogens is 3. The fourth-order valence-electron chi connectivity index (χ4n) is 3.79. The maximum atomic E-state index is 12.6. The Balaban J connectivity index is 1.65. The lowest BCUT2D eigenvalue weighted by atomic mass is 10.1.